The van der Waals surface area contributed by atoms with E-state index < -0.39 is 48.9 Å². The summed E-state index contributed by atoms with van der Waals surface area (Å²) >= 11 is 6.01. The second kappa shape index (κ2) is 12.3. The first-order chi connectivity index (χ1) is 18.0. The lowest BCUT2D eigenvalue weighted by atomic mass is 10.1. The van der Waals surface area contributed by atoms with Crippen LogP contribution in [-0.2, 0) is 24.0 Å². The average molecular weight is 544 g/mol. The van der Waals surface area contributed by atoms with E-state index in [4.69, 9.17) is 17.3 Å². The Morgan fingerprint density at radius 1 is 1.18 bits per heavy atom. The Kier molecular flexibility index (Phi) is 9.16. The number of halogens is 1. The van der Waals surface area contributed by atoms with Gasteiger partial charge < -0.3 is 31.2 Å². The number of hydrogen-bond donors (Lipinski definition) is 4. The topological polar surface area (TPSA) is 179 Å². The van der Waals surface area contributed by atoms with Gasteiger partial charge in [0.25, 0.3) is 17.7 Å². The number of rotatable bonds is 9. The molecule has 0 fully saturated rings. The number of aliphatic hydroxyl groups excluding tert-OH is 1. The summed E-state index contributed by atoms with van der Waals surface area (Å²) in [7, 11) is 0. The Labute approximate surface area is 222 Å². The lowest BCUT2D eigenvalue weighted by Crippen LogP contribution is -2.55. The zero-order valence-corrected chi connectivity index (χ0v) is 21.1. The highest BCUT2D eigenvalue weighted by atomic mass is 35.5. The number of amides is 4. The Morgan fingerprint density at radius 2 is 1.87 bits per heavy atom. The van der Waals surface area contributed by atoms with Crippen LogP contribution in [0.15, 0.2) is 42.5 Å². The van der Waals surface area contributed by atoms with Crippen LogP contribution in [-0.4, -0.2) is 72.6 Å². The first-order valence-electron chi connectivity index (χ1n) is 11.5. The number of nitrogens with zero attached hydrogens (tertiary/aromatic N) is 2. The third-order valence-corrected chi connectivity index (χ3v) is 6.04. The third kappa shape index (κ3) is 6.52. The number of nitrogens with one attached hydrogen (secondary N) is 2. The minimum atomic E-state index is -1.34. The fraction of sp³-hybridized carbons (Fsp3) is 0.280. The van der Waals surface area contributed by atoms with Gasteiger partial charge in [0.2, 0.25) is 5.91 Å². The number of carbonyl (C=O) groups is 6. The van der Waals surface area contributed by atoms with E-state index in [0.29, 0.717) is 6.29 Å². The maximum Gasteiger partial charge on any atom is 0.252 e. The van der Waals surface area contributed by atoms with Crippen LogP contribution >= 0.6 is 11.6 Å². The maximum absolute atomic E-state index is 13.7. The number of nitrogen functional groups attached to an aromatic ring is 1. The van der Waals surface area contributed by atoms with Crippen molar-refractivity contribution in [2.45, 2.75) is 25.4 Å². The van der Waals surface area contributed by atoms with E-state index in [1.807, 2.05) is 0 Å². The van der Waals surface area contributed by atoms with Crippen LogP contribution < -0.4 is 26.2 Å². The molecule has 0 aromatic heterocycles. The molecule has 0 saturated heterocycles. The molecule has 1 heterocycles. The number of Topliss-reactive ketones (excluding diaryl/α,β-unsaturated/α-hetero) is 1. The van der Waals surface area contributed by atoms with Gasteiger partial charge >= 0.3 is 0 Å². The standard InChI is InChI=1S/C25H26ClN5O7/c1-14(34)8-16(12-32)28-22(35)11-31-21-5-3-2-4-20(21)30(23(36)13-33)10-19(25(31)38)29-24(37)15-6-7-18(27)17(26)9-15/h2-7,9,12,16,19,33H,8,10-11,13,27H2,1H3,(H,28,35)(H,29,37)/t16-,19-/m0/s1. The monoisotopic (exact) mass is 543 g/mol. The molecule has 2 aromatic carbocycles. The molecule has 0 spiro atoms. The second-order valence-corrected chi connectivity index (χ2v) is 8.96. The number of fused-ring (bicyclic) bond motifs is 1. The van der Waals surface area contributed by atoms with Crippen LogP contribution in [0.2, 0.25) is 5.02 Å². The van der Waals surface area contributed by atoms with Crippen LogP contribution in [0.4, 0.5) is 17.1 Å². The summed E-state index contributed by atoms with van der Waals surface area (Å²) in [5.41, 5.74) is 6.43. The van der Waals surface area contributed by atoms with Gasteiger partial charge in [0, 0.05) is 12.0 Å². The molecule has 0 aliphatic carbocycles. The summed E-state index contributed by atoms with van der Waals surface area (Å²) in [6, 6.07) is 7.92. The Morgan fingerprint density at radius 3 is 2.47 bits per heavy atom. The number of aliphatic hydroxyl groups is 1. The van der Waals surface area contributed by atoms with E-state index in [1.165, 1.54) is 37.3 Å². The van der Waals surface area contributed by atoms with Crippen LogP contribution in [0.5, 0.6) is 0 Å². The van der Waals surface area contributed by atoms with Gasteiger partial charge in [-0.3, -0.25) is 28.9 Å². The summed E-state index contributed by atoms with van der Waals surface area (Å²) in [6.45, 7) is -0.531. The Hall–Kier alpha value is -4.29. The van der Waals surface area contributed by atoms with Crippen LogP contribution in [0.25, 0.3) is 0 Å². The smallest absolute Gasteiger partial charge is 0.252 e. The van der Waals surface area contributed by atoms with E-state index >= 15 is 0 Å². The highest BCUT2D eigenvalue weighted by Crippen LogP contribution is 2.33. The lowest BCUT2D eigenvalue weighted by Gasteiger charge is -2.25. The summed E-state index contributed by atoms with van der Waals surface area (Å²) in [4.78, 5) is 77.0. The molecule has 200 valence electrons. The number of para-hydroxylation sites is 2. The fourth-order valence-corrected chi connectivity index (χ4v) is 4.11. The van der Waals surface area contributed by atoms with Crippen molar-refractivity contribution in [2.24, 2.45) is 0 Å². The van der Waals surface area contributed by atoms with Crippen molar-refractivity contribution in [3.05, 3.63) is 53.1 Å². The minimum Gasteiger partial charge on any atom is -0.398 e. The van der Waals surface area contributed by atoms with Crippen molar-refractivity contribution in [3.63, 3.8) is 0 Å². The van der Waals surface area contributed by atoms with Crippen molar-refractivity contribution < 1.29 is 33.9 Å². The number of carbonyl (C=O) groups excluding carboxylic acids is 6. The van der Waals surface area contributed by atoms with E-state index in [2.05, 4.69) is 10.6 Å². The molecule has 5 N–H and O–H groups in total. The molecule has 2 aromatic rings. The first-order valence-corrected chi connectivity index (χ1v) is 11.8. The second-order valence-electron chi connectivity index (χ2n) is 8.55. The fourth-order valence-electron chi connectivity index (χ4n) is 3.93. The maximum atomic E-state index is 13.7. The van der Waals surface area contributed by atoms with Crippen LogP contribution in [0.3, 0.4) is 0 Å². The summed E-state index contributed by atoms with van der Waals surface area (Å²) in [5, 5.41) is 14.6. The van der Waals surface area contributed by atoms with E-state index in [-0.39, 0.29) is 46.4 Å². The van der Waals surface area contributed by atoms with Gasteiger partial charge in [-0.05, 0) is 37.3 Å². The summed E-state index contributed by atoms with van der Waals surface area (Å²) < 4.78 is 0. The van der Waals surface area contributed by atoms with Crippen molar-refractivity contribution in [3.8, 4) is 0 Å². The number of aldehydes is 1. The number of benzene rings is 2. The first kappa shape index (κ1) is 28.3. The van der Waals surface area contributed by atoms with Crippen molar-refractivity contribution in [1.29, 1.82) is 0 Å². The van der Waals surface area contributed by atoms with Gasteiger partial charge in [0.05, 0.1) is 34.7 Å². The van der Waals surface area contributed by atoms with Gasteiger partial charge in [-0.1, -0.05) is 23.7 Å². The van der Waals surface area contributed by atoms with Gasteiger partial charge in [-0.2, -0.15) is 0 Å². The highest BCUT2D eigenvalue weighted by molar-refractivity contribution is 6.33. The molecule has 38 heavy (non-hydrogen) atoms. The van der Waals surface area contributed by atoms with E-state index in [0.717, 1.165) is 9.80 Å². The molecule has 0 bridgehead atoms. The molecule has 0 saturated carbocycles. The normalized spacial score (nSPS) is 15.7. The summed E-state index contributed by atoms with van der Waals surface area (Å²) in [5.74, 6) is -3.23. The number of ketones is 1. The molecule has 13 heteroatoms. The average Bonchev–Trinajstić information content (AvgIpc) is 2.99. The SMILES string of the molecule is CC(=O)C[C@@H](C=O)NC(=O)CN1C(=O)[C@@H](NC(=O)c2ccc(N)c(Cl)c2)CN(C(=O)CO)c2ccccc21. The molecule has 2 atom stereocenters. The van der Waals surface area contributed by atoms with Crippen molar-refractivity contribution in [2.75, 3.05) is 35.2 Å². The molecule has 12 nitrogen and oxygen atoms in total. The predicted molar refractivity (Wildman–Crippen MR) is 139 cm³/mol. The quantitative estimate of drug-likeness (QED) is 0.253. The Bertz CT molecular complexity index is 1280. The predicted octanol–water partition coefficient (Wildman–Crippen LogP) is 0.0555. The molecule has 3 rings (SSSR count). The van der Waals surface area contributed by atoms with Gasteiger partial charge in [-0.25, -0.2) is 0 Å². The number of nitrogens with two attached hydrogens (primary N) is 1. The zero-order chi connectivity index (χ0) is 28.0. The molecule has 0 radical (unpaired) electrons. The molecule has 1 aliphatic rings. The molecule has 4 amide bonds. The molecule has 1 aliphatic heterocycles. The summed E-state index contributed by atoms with van der Waals surface area (Å²) in [6.07, 6.45) is 0.196. The van der Waals surface area contributed by atoms with Crippen molar-refractivity contribution >= 4 is 64.4 Å². The molecule has 0 unspecified atom stereocenters. The zero-order valence-electron chi connectivity index (χ0n) is 20.3. The van der Waals surface area contributed by atoms with Gasteiger partial charge in [0.15, 0.2) is 0 Å². The molecular formula is C25H26ClN5O7. The lowest BCUT2D eigenvalue weighted by molar-refractivity contribution is -0.127. The number of hydrogen-bond acceptors (Lipinski definition) is 8. The highest BCUT2D eigenvalue weighted by Gasteiger charge is 2.37. The van der Waals surface area contributed by atoms with Crippen molar-refractivity contribution in [1.82, 2.24) is 10.6 Å². The minimum absolute atomic E-state index is 0.0983. The number of anilines is 3. The largest absolute Gasteiger partial charge is 0.398 e. The molecular weight excluding hydrogens is 518 g/mol. The van der Waals surface area contributed by atoms with E-state index in [1.54, 1.807) is 12.1 Å². The third-order valence-electron chi connectivity index (χ3n) is 5.72. The van der Waals surface area contributed by atoms with Gasteiger partial charge in [-0.15, -0.1) is 0 Å². The van der Waals surface area contributed by atoms with E-state index in [9.17, 15) is 33.9 Å². The van der Waals surface area contributed by atoms with Crippen LogP contribution in [0, 0.1) is 0 Å². The van der Waals surface area contributed by atoms with Gasteiger partial charge in [0.1, 0.15) is 31.3 Å². The van der Waals surface area contributed by atoms with Crippen LogP contribution in [0.1, 0.15) is 23.7 Å². The Balaban J connectivity index is 1.97.